The first-order chi connectivity index (χ1) is 12.2. The summed E-state index contributed by atoms with van der Waals surface area (Å²) >= 11 is 0. The molecule has 0 unspecified atom stereocenters. The molecule has 0 saturated carbocycles. The molecule has 1 heterocycles. The summed E-state index contributed by atoms with van der Waals surface area (Å²) < 4.78 is 0. The van der Waals surface area contributed by atoms with Crippen molar-refractivity contribution in [3.8, 4) is 0 Å². The lowest BCUT2D eigenvalue weighted by molar-refractivity contribution is 0.591. The van der Waals surface area contributed by atoms with E-state index in [1.54, 1.807) is 12.4 Å². The van der Waals surface area contributed by atoms with E-state index in [0.29, 0.717) is 0 Å². The Labute approximate surface area is 155 Å². The molecule has 0 saturated heterocycles. The van der Waals surface area contributed by atoms with E-state index in [-0.39, 0.29) is 10.8 Å². The van der Waals surface area contributed by atoms with Crippen molar-refractivity contribution in [2.24, 2.45) is 0 Å². The second-order valence-electron chi connectivity index (χ2n) is 9.27. The van der Waals surface area contributed by atoms with Crippen molar-refractivity contribution in [1.82, 2.24) is 9.97 Å². The van der Waals surface area contributed by atoms with E-state index in [0.717, 1.165) is 11.0 Å². The Balaban J connectivity index is 2.19. The van der Waals surface area contributed by atoms with E-state index in [1.165, 1.54) is 32.7 Å². The number of nitrogens with zero attached hydrogens (tertiary/aromatic N) is 2. The molecule has 0 amide bonds. The molecule has 3 aromatic carbocycles. The first kappa shape index (κ1) is 17.0. The maximum Gasteiger partial charge on any atom is 0.0971 e. The molecule has 0 bridgehead atoms. The average molecular weight is 342 g/mol. The van der Waals surface area contributed by atoms with Gasteiger partial charge in [-0.15, -0.1) is 0 Å². The first-order valence-electron chi connectivity index (χ1n) is 9.27. The van der Waals surface area contributed by atoms with Gasteiger partial charge in [-0.25, -0.2) is 0 Å². The molecule has 0 spiro atoms. The van der Waals surface area contributed by atoms with E-state index < -0.39 is 0 Å². The molecule has 26 heavy (non-hydrogen) atoms. The van der Waals surface area contributed by atoms with E-state index >= 15 is 0 Å². The third kappa shape index (κ3) is 2.65. The number of hydrogen-bond acceptors (Lipinski definition) is 2. The maximum atomic E-state index is 4.71. The van der Waals surface area contributed by atoms with Crippen molar-refractivity contribution in [1.29, 1.82) is 0 Å². The number of rotatable bonds is 0. The summed E-state index contributed by atoms with van der Waals surface area (Å²) in [6.45, 7) is 13.5. The van der Waals surface area contributed by atoms with Crippen molar-refractivity contribution in [3.05, 3.63) is 59.9 Å². The van der Waals surface area contributed by atoms with Gasteiger partial charge in [0, 0.05) is 23.2 Å². The minimum atomic E-state index is 0.105. The average Bonchev–Trinajstić information content (AvgIpc) is 2.59. The van der Waals surface area contributed by atoms with E-state index in [2.05, 4.69) is 77.9 Å². The molecule has 1 aromatic heterocycles. The lowest BCUT2D eigenvalue weighted by Crippen LogP contribution is -2.11. The van der Waals surface area contributed by atoms with Gasteiger partial charge in [-0.05, 0) is 44.9 Å². The summed E-state index contributed by atoms with van der Waals surface area (Å²) in [4.78, 5) is 9.42. The van der Waals surface area contributed by atoms with Crippen LogP contribution in [0.2, 0.25) is 0 Å². The highest BCUT2D eigenvalue weighted by Gasteiger charge is 2.19. The lowest BCUT2D eigenvalue weighted by Gasteiger charge is -2.22. The van der Waals surface area contributed by atoms with Crippen LogP contribution < -0.4 is 0 Å². The number of fused-ring (bicyclic) bond motifs is 6. The Morgan fingerprint density at radius 2 is 0.923 bits per heavy atom. The largest absolute Gasteiger partial charge is 0.252 e. The van der Waals surface area contributed by atoms with E-state index in [4.69, 9.17) is 9.97 Å². The fourth-order valence-corrected chi connectivity index (χ4v) is 3.62. The van der Waals surface area contributed by atoms with Crippen LogP contribution in [0.5, 0.6) is 0 Å². The number of hydrogen-bond donors (Lipinski definition) is 0. The standard InChI is InChI=1S/C24H26N2/c1-23(2,3)15-7-9-17-18-10-8-16(24(4,5)6)14-20(18)22-21(19(17)13-15)25-11-12-26-22/h7-14H,1-6H3. The fraction of sp³-hybridized carbons (Fsp3) is 0.333. The third-order valence-electron chi connectivity index (χ3n) is 5.27. The molecule has 4 aromatic rings. The van der Waals surface area contributed by atoms with Gasteiger partial charge in [-0.2, -0.15) is 0 Å². The molecule has 0 atom stereocenters. The monoisotopic (exact) mass is 342 g/mol. The van der Waals surface area contributed by atoms with Crippen molar-refractivity contribution in [2.45, 2.75) is 52.4 Å². The van der Waals surface area contributed by atoms with Gasteiger partial charge in [0.25, 0.3) is 0 Å². The zero-order chi connectivity index (χ0) is 18.7. The molecule has 0 aliphatic rings. The molecular formula is C24H26N2. The summed E-state index contributed by atoms with van der Waals surface area (Å²) in [6.07, 6.45) is 3.59. The van der Waals surface area contributed by atoms with Gasteiger partial charge in [-0.1, -0.05) is 65.8 Å². The summed E-state index contributed by atoms with van der Waals surface area (Å²) in [5, 5.41) is 4.89. The Morgan fingerprint density at radius 3 is 1.27 bits per heavy atom. The van der Waals surface area contributed by atoms with Gasteiger partial charge in [0.15, 0.2) is 0 Å². The molecule has 4 rings (SSSR count). The van der Waals surface area contributed by atoms with Crippen molar-refractivity contribution >= 4 is 32.6 Å². The van der Waals surface area contributed by atoms with E-state index in [1.807, 2.05) is 0 Å². The molecular weight excluding hydrogens is 316 g/mol. The van der Waals surface area contributed by atoms with Crippen LogP contribution in [0.15, 0.2) is 48.8 Å². The van der Waals surface area contributed by atoms with Gasteiger partial charge < -0.3 is 0 Å². The van der Waals surface area contributed by atoms with Crippen LogP contribution in [-0.2, 0) is 10.8 Å². The molecule has 0 fully saturated rings. The molecule has 0 aliphatic carbocycles. The second kappa shape index (κ2) is 5.51. The maximum absolute atomic E-state index is 4.71. The van der Waals surface area contributed by atoms with Crippen LogP contribution in [0.3, 0.4) is 0 Å². The fourth-order valence-electron chi connectivity index (χ4n) is 3.62. The van der Waals surface area contributed by atoms with Crippen molar-refractivity contribution in [2.75, 3.05) is 0 Å². The van der Waals surface area contributed by atoms with Crippen LogP contribution in [0, 0.1) is 0 Å². The summed E-state index contributed by atoms with van der Waals surface area (Å²) in [5.41, 5.74) is 4.84. The molecule has 2 heteroatoms. The Kier molecular flexibility index (Phi) is 3.59. The molecule has 0 N–H and O–H groups in total. The summed E-state index contributed by atoms with van der Waals surface area (Å²) in [6, 6.07) is 13.6. The van der Waals surface area contributed by atoms with E-state index in [9.17, 15) is 0 Å². The Bertz CT molecular complexity index is 1030. The smallest absolute Gasteiger partial charge is 0.0971 e. The van der Waals surface area contributed by atoms with Gasteiger partial charge in [0.05, 0.1) is 11.0 Å². The van der Waals surface area contributed by atoms with Gasteiger partial charge in [0.2, 0.25) is 0 Å². The molecule has 0 aliphatic heterocycles. The second-order valence-corrected chi connectivity index (χ2v) is 9.27. The molecule has 2 nitrogen and oxygen atoms in total. The van der Waals surface area contributed by atoms with Gasteiger partial charge >= 0.3 is 0 Å². The Hall–Kier alpha value is -2.48. The SMILES string of the molecule is CC(C)(C)c1ccc2c3ccc(C(C)(C)C)cc3c3nccnc3c2c1. The highest BCUT2D eigenvalue weighted by atomic mass is 14.8. The highest BCUT2D eigenvalue weighted by molar-refractivity contribution is 6.23. The predicted octanol–water partition coefficient (Wildman–Crippen LogP) is 6.53. The normalized spacial score (nSPS) is 13.0. The van der Waals surface area contributed by atoms with Crippen molar-refractivity contribution < 1.29 is 0 Å². The number of aromatic nitrogens is 2. The lowest BCUT2D eigenvalue weighted by atomic mass is 9.83. The zero-order valence-electron chi connectivity index (χ0n) is 16.5. The van der Waals surface area contributed by atoms with Crippen LogP contribution in [-0.4, -0.2) is 9.97 Å². The molecule has 0 radical (unpaired) electrons. The quantitative estimate of drug-likeness (QED) is 0.339. The molecule has 132 valence electrons. The van der Waals surface area contributed by atoms with Crippen molar-refractivity contribution in [3.63, 3.8) is 0 Å². The van der Waals surface area contributed by atoms with Crippen LogP contribution >= 0.6 is 0 Å². The minimum absolute atomic E-state index is 0.105. The van der Waals surface area contributed by atoms with Gasteiger partial charge in [0.1, 0.15) is 0 Å². The minimum Gasteiger partial charge on any atom is -0.252 e. The zero-order valence-corrected chi connectivity index (χ0v) is 16.5. The van der Waals surface area contributed by atoms with Gasteiger partial charge in [-0.3, -0.25) is 9.97 Å². The van der Waals surface area contributed by atoms with Crippen LogP contribution in [0.1, 0.15) is 52.7 Å². The summed E-state index contributed by atoms with van der Waals surface area (Å²) in [5.74, 6) is 0. The third-order valence-corrected chi connectivity index (χ3v) is 5.27. The number of benzene rings is 3. The van der Waals surface area contributed by atoms with Crippen LogP contribution in [0.25, 0.3) is 32.6 Å². The Morgan fingerprint density at radius 1 is 0.538 bits per heavy atom. The summed E-state index contributed by atoms with van der Waals surface area (Å²) in [7, 11) is 0. The topological polar surface area (TPSA) is 25.8 Å². The highest BCUT2D eigenvalue weighted by Crippen LogP contribution is 2.37. The predicted molar refractivity (Wildman–Crippen MR) is 112 cm³/mol. The first-order valence-corrected chi connectivity index (χ1v) is 9.27. The van der Waals surface area contributed by atoms with Crippen LogP contribution in [0.4, 0.5) is 0 Å².